The lowest BCUT2D eigenvalue weighted by Gasteiger charge is -2.30. The van der Waals surface area contributed by atoms with Gasteiger partial charge >= 0.3 is 5.97 Å². The zero-order valence-electron chi connectivity index (χ0n) is 10.2. The molecule has 5 heteroatoms. The number of carbonyl (C=O) groups excluding carboxylic acids is 1. The molecule has 1 heterocycles. The molecular formula is C12H19NO4. The number of aliphatic hydroxyl groups excluding tert-OH is 1. The number of aliphatic hydroxyl groups is 1. The summed E-state index contributed by atoms with van der Waals surface area (Å²) in [6, 6.07) is 0. The summed E-state index contributed by atoms with van der Waals surface area (Å²) in [4.78, 5) is 24.9. The highest BCUT2D eigenvalue weighted by molar-refractivity contribution is 5.91. The molecule has 17 heavy (non-hydrogen) atoms. The highest BCUT2D eigenvalue weighted by atomic mass is 16.4. The topological polar surface area (TPSA) is 77.8 Å². The summed E-state index contributed by atoms with van der Waals surface area (Å²) in [6.45, 7) is 4.73. The van der Waals surface area contributed by atoms with Crippen molar-refractivity contribution in [3.05, 3.63) is 0 Å². The Morgan fingerprint density at radius 3 is 2.12 bits per heavy atom. The first kappa shape index (κ1) is 12.4. The maximum absolute atomic E-state index is 12.2. The highest BCUT2D eigenvalue weighted by Gasteiger charge is 2.66. The van der Waals surface area contributed by atoms with Crippen LogP contribution >= 0.6 is 0 Å². The average Bonchev–Trinajstić information content (AvgIpc) is 2.82. The summed E-state index contributed by atoms with van der Waals surface area (Å²) in [5.74, 6) is -1.89. The lowest BCUT2D eigenvalue weighted by atomic mass is 10.1. The third-order valence-electron chi connectivity index (χ3n) is 4.14. The number of carbonyl (C=O) groups is 2. The molecule has 2 atom stereocenters. The molecule has 0 spiro atoms. The van der Waals surface area contributed by atoms with Crippen LogP contribution in [0.25, 0.3) is 0 Å². The number of aliphatic carboxylic acids is 1. The molecule has 0 aromatic heterocycles. The van der Waals surface area contributed by atoms with E-state index in [2.05, 4.69) is 0 Å². The number of amides is 1. The maximum atomic E-state index is 12.2. The van der Waals surface area contributed by atoms with E-state index in [-0.39, 0.29) is 12.0 Å². The van der Waals surface area contributed by atoms with Gasteiger partial charge in [-0.3, -0.25) is 9.59 Å². The Kier molecular flexibility index (Phi) is 2.89. The summed E-state index contributed by atoms with van der Waals surface area (Å²) in [5.41, 5.74) is -0.432. The van der Waals surface area contributed by atoms with Crippen molar-refractivity contribution in [2.24, 2.45) is 17.3 Å². The zero-order chi connectivity index (χ0) is 12.8. The van der Waals surface area contributed by atoms with Crippen molar-refractivity contribution in [3.8, 4) is 0 Å². The van der Waals surface area contributed by atoms with Crippen molar-refractivity contribution in [1.82, 2.24) is 4.90 Å². The van der Waals surface area contributed by atoms with E-state index in [4.69, 9.17) is 5.11 Å². The Morgan fingerprint density at radius 2 is 1.71 bits per heavy atom. The number of piperidine rings is 1. The summed E-state index contributed by atoms with van der Waals surface area (Å²) in [5, 5.41) is 18.4. The minimum atomic E-state index is -0.884. The van der Waals surface area contributed by atoms with Gasteiger partial charge in [0.2, 0.25) is 5.91 Å². The fourth-order valence-electron chi connectivity index (χ4n) is 2.84. The van der Waals surface area contributed by atoms with E-state index >= 15 is 0 Å². The van der Waals surface area contributed by atoms with Gasteiger partial charge in [0.05, 0.1) is 17.9 Å². The van der Waals surface area contributed by atoms with Crippen molar-refractivity contribution in [2.45, 2.75) is 32.8 Å². The molecule has 2 rings (SSSR count). The van der Waals surface area contributed by atoms with Crippen LogP contribution in [0.4, 0.5) is 0 Å². The molecule has 2 fully saturated rings. The van der Waals surface area contributed by atoms with Gasteiger partial charge in [0, 0.05) is 13.1 Å². The SMILES string of the molecule is CC1(C)[C@@H](C(=O)O)[C@@H]1C(=O)N1CCC(O)CC1. The molecule has 0 aromatic rings. The van der Waals surface area contributed by atoms with E-state index in [1.54, 1.807) is 4.90 Å². The van der Waals surface area contributed by atoms with Crippen LogP contribution in [-0.4, -0.2) is 46.2 Å². The molecule has 2 aliphatic rings. The Balaban J connectivity index is 2.00. The third kappa shape index (κ3) is 2.04. The van der Waals surface area contributed by atoms with Gasteiger partial charge in [-0.15, -0.1) is 0 Å². The molecule has 5 nitrogen and oxygen atoms in total. The van der Waals surface area contributed by atoms with Gasteiger partial charge in [0.15, 0.2) is 0 Å². The smallest absolute Gasteiger partial charge is 0.307 e. The number of nitrogens with zero attached hydrogens (tertiary/aromatic N) is 1. The molecule has 1 saturated heterocycles. The maximum Gasteiger partial charge on any atom is 0.307 e. The number of likely N-dealkylation sites (tertiary alicyclic amines) is 1. The lowest BCUT2D eigenvalue weighted by molar-refractivity contribution is -0.142. The Bertz CT molecular complexity index is 344. The number of hydrogen-bond donors (Lipinski definition) is 2. The first-order chi connectivity index (χ1) is 7.85. The van der Waals surface area contributed by atoms with Crippen LogP contribution in [0.2, 0.25) is 0 Å². The Hall–Kier alpha value is -1.10. The molecule has 0 radical (unpaired) electrons. The molecule has 0 aromatic carbocycles. The zero-order valence-corrected chi connectivity index (χ0v) is 10.2. The van der Waals surface area contributed by atoms with Crippen molar-refractivity contribution >= 4 is 11.9 Å². The summed E-state index contributed by atoms with van der Waals surface area (Å²) in [6.07, 6.45) is 0.870. The Morgan fingerprint density at radius 1 is 1.18 bits per heavy atom. The number of carboxylic acid groups (broad SMARTS) is 1. The van der Waals surface area contributed by atoms with Gasteiger partial charge in [-0.2, -0.15) is 0 Å². The van der Waals surface area contributed by atoms with Gasteiger partial charge in [-0.1, -0.05) is 13.8 Å². The summed E-state index contributed by atoms with van der Waals surface area (Å²) in [7, 11) is 0. The minimum absolute atomic E-state index is 0.0608. The molecule has 96 valence electrons. The molecule has 1 aliphatic carbocycles. The van der Waals surface area contributed by atoms with Gasteiger partial charge in [0.25, 0.3) is 0 Å². The number of rotatable bonds is 2. The molecule has 2 N–H and O–H groups in total. The van der Waals surface area contributed by atoms with Crippen LogP contribution in [0.5, 0.6) is 0 Å². The van der Waals surface area contributed by atoms with Crippen LogP contribution < -0.4 is 0 Å². The first-order valence-corrected chi connectivity index (χ1v) is 6.05. The Labute approximate surface area is 100 Å². The molecule has 0 bridgehead atoms. The van der Waals surface area contributed by atoms with Crippen LogP contribution in [0, 0.1) is 17.3 Å². The largest absolute Gasteiger partial charge is 0.481 e. The van der Waals surface area contributed by atoms with Gasteiger partial charge in [-0.05, 0) is 18.3 Å². The highest BCUT2D eigenvalue weighted by Crippen LogP contribution is 2.59. The van der Waals surface area contributed by atoms with Crippen LogP contribution in [0.15, 0.2) is 0 Å². The summed E-state index contributed by atoms with van der Waals surface area (Å²) >= 11 is 0. The summed E-state index contributed by atoms with van der Waals surface area (Å²) < 4.78 is 0. The van der Waals surface area contributed by atoms with E-state index < -0.39 is 23.2 Å². The molecule has 1 aliphatic heterocycles. The predicted molar refractivity (Wildman–Crippen MR) is 60.2 cm³/mol. The van der Waals surface area contributed by atoms with Crippen molar-refractivity contribution in [2.75, 3.05) is 13.1 Å². The van der Waals surface area contributed by atoms with Crippen molar-refractivity contribution in [1.29, 1.82) is 0 Å². The molecule has 0 unspecified atom stereocenters. The second-order valence-electron chi connectivity index (χ2n) is 5.67. The van der Waals surface area contributed by atoms with Crippen LogP contribution in [-0.2, 0) is 9.59 Å². The van der Waals surface area contributed by atoms with Crippen LogP contribution in [0.1, 0.15) is 26.7 Å². The number of carboxylic acids is 1. The second-order valence-corrected chi connectivity index (χ2v) is 5.67. The molecule has 1 amide bonds. The van der Waals surface area contributed by atoms with Crippen molar-refractivity contribution < 1.29 is 19.8 Å². The molecular weight excluding hydrogens is 222 g/mol. The van der Waals surface area contributed by atoms with E-state index in [1.165, 1.54) is 0 Å². The predicted octanol–water partition coefficient (Wildman–Crippen LogP) is 0.326. The van der Waals surface area contributed by atoms with E-state index in [0.717, 1.165) is 0 Å². The van der Waals surface area contributed by atoms with Crippen LogP contribution in [0.3, 0.4) is 0 Å². The normalized spacial score (nSPS) is 32.3. The quantitative estimate of drug-likeness (QED) is 0.730. The molecule has 1 saturated carbocycles. The van der Waals surface area contributed by atoms with Gasteiger partial charge in [-0.25, -0.2) is 0 Å². The van der Waals surface area contributed by atoms with Crippen molar-refractivity contribution in [3.63, 3.8) is 0 Å². The van der Waals surface area contributed by atoms with E-state index in [0.29, 0.717) is 25.9 Å². The fraction of sp³-hybridized carbons (Fsp3) is 0.833. The third-order valence-corrected chi connectivity index (χ3v) is 4.14. The monoisotopic (exact) mass is 241 g/mol. The van der Waals surface area contributed by atoms with E-state index in [9.17, 15) is 14.7 Å². The fourth-order valence-corrected chi connectivity index (χ4v) is 2.84. The van der Waals surface area contributed by atoms with Gasteiger partial charge in [0.1, 0.15) is 0 Å². The lowest BCUT2D eigenvalue weighted by Crippen LogP contribution is -2.41. The number of hydrogen-bond acceptors (Lipinski definition) is 3. The van der Waals surface area contributed by atoms with E-state index in [1.807, 2.05) is 13.8 Å². The van der Waals surface area contributed by atoms with Gasteiger partial charge < -0.3 is 15.1 Å². The second kappa shape index (κ2) is 3.98. The first-order valence-electron chi connectivity index (χ1n) is 6.05. The minimum Gasteiger partial charge on any atom is -0.481 e. The standard InChI is InChI=1S/C12H19NO4/c1-12(2)8(9(12)11(16)17)10(15)13-5-3-7(14)4-6-13/h7-9,14H,3-6H2,1-2H3,(H,16,17)/t8-,9-/m1/s1. The average molecular weight is 241 g/mol.